The van der Waals surface area contributed by atoms with E-state index in [0.717, 1.165) is 18.2 Å². The molecule has 0 bridgehead atoms. The fourth-order valence-corrected chi connectivity index (χ4v) is 3.18. The molecular formula is C21H12ClF4N5O4. The molecule has 0 radical (unpaired) electrons. The summed E-state index contributed by atoms with van der Waals surface area (Å²) in [4.78, 5) is 26.9. The van der Waals surface area contributed by atoms with Gasteiger partial charge >= 0.3 is 0 Å². The Labute approximate surface area is 198 Å². The van der Waals surface area contributed by atoms with E-state index in [-0.39, 0.29) is 11.4 Å². The van der Waals surface area contributed by atoms with Crippen LogP contribution in [0, 0.1) is 10.1 Å². The van der Waals surface area contributed by atoms with Gasteiger partial charge in [-0.25, -0.2) is 27.1 Å². The zero-order chi connectivity index (χ0) is 25.3. The molecule has 1 N–H and O–H groups in total. The van der Waals surface area contributed by atoms with Gasteiger partial charge in [0.1, 0.15) is 22.9 Å². The number of hydrogen-bond donors (Lipinski definition) is 1. The van der Waals surface area contributed by atoms with Crippen molar-refractivity contribution in [2.75, 3.05) is 5.32 Å². The average Bonchev–Trinajstić information content (AvgIpc) is 3.24. The van der Waals surface area contributed by atoms with Crippen molar-refractivity contribution in [3.8, 4) is 11.5 Å². The van der Waals surface area contributed by atoms with Crippen LogP contribution in [-0.2, 0) is 0 Å². The van der Waals surface area contributed by atoms with Crippen molar-refractivity contribution in [2.45, 2.75) is 12.9 Å². The first kappa shape index (κ1) is 23.9. The van der Waals surface area contributed by atoms with E-state index >= 15 is 0 Å². The lowest BCUT2D eigenvalue weighted by molar-refractivity contribution is -0.384. The van der Waals surface area contributed by atoms with Crippen molar-refractivity contribution in [2.24, 2.45) is 0 Å². The summed E-state index contributed by atoms with van der Waals surface area (Å²) in [6.07, 6.45) is -6.29. The molecule has 180 valence electrons. The van der Waals surface area contributed by atoms with Crippen molar-refractivity contribution >= 4 is 34.5 Å². The van der Waals surface area contributed by atoms with Gasteiger partial charge in [0.05, 0.1) is 16.7 Å². The van der Waals surface area contributed by atoms with E-state index < -0.39 is 52.1 Å². The minimum absolute atomic E-state index is 0.00931. The number of anilines is 1. The van der Waals surface area contributed by atoms with E-state index in [1.54, 1.807) is 12.1 Å². The Morgan fingerprint density at radius 3 is 2.37 bits per heavy atom. The van der Waals surface area contributed by atoms with Gasteiger partial charge in [-0.1, -0.05) is 11.6 Å². The molecule has 14 heteroatoms. The van der Waals surface area contributed by atoms with Gasteiger partial charge in [0.25, 0.3) is 24.4 Å². The molecule has 1 amide bonds. The molecule has 9 nitrogen and oxygen atoms in total. The van der Waals surface area contributed by atoms with Crippen LogP contribution in [0.15, 0.2) is 54.6 Å². The van der Waals surface area contributed by atoms with E-state index in [9.17, 15) is 32.5 Å². The standard InChI is InChI=1S/C21H12ClF4N5O4/c22-10-1-3-13(4-2-10)35-14-6-11(5-12(7-14)31(33)34)27-21(32)16-9-18-28-15(19(23)24)8-17(20(25)26)30(18)29-16/h1-9,19-20H,(H,27,32). The van der Waals surface area contributed by atoms with Crippen LogP contribution in [0.2, 0.25) is 5.02 Å². The Balaban J connectivity index is 1.66. The molecule has 35 heavy (non-hydrogen) atoms. The maximum Gasteiger partial charge on any atom is 0.280 e. The van der Waals surface area contributed by atoms with Crippen LogP contribution < -0.4 is 10.1 Å². The summed E-state index contributed by atoms with van der Waals surface area (Å²) in [5.74, 6) is -0.629. The predicted molar refractivity (Wildman–Crippen MR) is 115 cm³/mol. The minimum atomic E-state index is -3.17. The third-order valence-electron chi connectivity index (χ3n) is 4.56. The summed E-state index contributed by atoms with van der Waals surface area (Å²) in [6, 6.07) is 11.0. The minimum Gasteiger partial charge on any atom is -0.457 e. The van der Waals surface area contributed by atoms with Gasteiger partial charge in [-0.2, -0.15) is 5.10 Å². The van der Waals surface area contributed by atoms with Crippen LogP contribution in [-0.4, -0.2) is 25.4 Å². The summed E-state index contributed by atoms with van der Waals surface area (Å²) >= 11 is 5.82. The molecule has 4 rings (SSSR count). The number of alkyl halides is 4. The van der Waals surface area contributed by atoms with Gasteiger partial charge in [0.2, 0.25) is 0 Å². The zero-order valence-electron chi connectivity index (χ0n) is 17.2. The van der Waals surface area contributed by atoms with Crippen LogP contribution in [0.1, 0.15) is 34.7 Å². The lowest BCUT2D eigenvalue weighted by Crippen LogP contribution is -2.13. The van der Waals surface area contributed by atoms with Crippen molar-refractivity contribution in [3.05, 3.63) is 86.8 Å². The molecule has 4 aromatic rings. The molecule has 0 atom stereocenters. The van der Waals surface area contributed by atoms with Gasteiger partial charge in [-0.05, 0) is 30.3 Å². The van der Waals surface area contributed by atoms with E-state index in [4.69, 9.17) is 16.3 Å². The van der Waals surface area contributed by atoms with Crippen LogP contribution >= 0.6 is 11.6 Å². The van der Waals surface area contributed by atoms with Crippen molar-refractivity contribution in [3.63, 3.8) is 0 Å². The summed E-state index contributed by atoms with van der Waals surface area (Å²) in [5.41, 5.74) is -3.09. The number of amides is 1. The van der Waals surface area contributed by atoms with Gasteiger partial charge in [-0.3, -0.25) is 14.9 Å². The number of nitrogens with zero attached hydrogens (tertiary/aromatic N) is 4. The highest BCUT2D eigenvalue weighted by Crippen LogP contribution is 2.31. The second-order valence-electron chi connectivity index (χ2n) is 6.99. The highest BCUT2D eigenvalue weighted by Gasteiger charge is 2.22. The molecule has 0 unspecified atom stereocenters. The molecule has 0 aliphatic carbocycles. The average molecular weight is 510 g/mol. The van der Waals surface area contributed by atoms with Gasteiger partial charge in [-0.15, -0.1) is 0 Å². The molecule has 2 heterocycles. The molecule has 0 fully saturated rings. The summed E-state index contributed by atoms with van der Waals surface area (Å²) < 4.78 is 58.9. The number of benzene rings is 2. The molecule has 0 aliphatic heterocycles. The fraction of sp³-hybridized carbons (Fsp3) is 0.0952. The number of halogens is 5. The number of nitrogens with one attached hydrogen (secondary N) is 1. The molecule has 0 spiro atoms. The number of rotatable bonds is 7. The molecular weight excluding hydrogens is 498 g/mol. The number of non-ortho nitro benzene ring substituents is 1. The highest BCUT2D eigenvalue weighted by atomic mass is 35.5. The van der Waals surface area contributed by atoms with Crippen molar-refractivity contribution < 1.29 is 32.0 Å². The molecule has 2 aromatic heterocycles. The van der Waals surface area contributed by atoms with Crippen LogP contribution in [0.4, 0.5) is 28.9 Å². The quantitative estimate of drug-likeness (QED) is 0.180. The van der Waals surface area contributed by atoms with Gasteiger partial charge < -0.3 is 10.1 Å². The normalized spacial score (nSPS) is 11.3. The number of hydrogen-bond acceptors (Lipinski definition) is 6. The highest BCUT2D eigenvalue weighted by molar-refractivity contribution is 6.30. The van der Waals surface area contributed by atoms with Crippen molar-refractivity contribution in [1.29, 1.82) is 0 Å². The lowest BCUT2D eigenvalue weighted by Gasteiger charge is -2.09. The van der Waals surface area contributed by atoms with Crippen LogP contribution in [0.5, 0.6) is 11.5 Å². The molecule has 0 saturated heterocycles. The van der Waals surface area contributed by atoms with E-state index in [0.29, 0.717) is 21.4 Å². The smallest absolute Gasteiger partial charge is 0.280 e. The maximum absolute atomic E-state index is 13.3. The first-order valence-electron chi connectivity index (χ1n) is 9.62. The summed E-state index contributed by atoms with van der Waals surface area (Å²) in [5, 5.41) is 17.9. The van der Waals surface area contributed by atoms with Crippen molar-refractivity contribution in [1.82, 2.24) is 14.6 Å². The summed E-state index contributed by atoms with van der Waals surface area (Å²) in [6.45, 7) is 0. The Morgan fingerprint density at radius 1 is 1.03 bits per heavy atom. The predicted octanol–water partition coefficient (Wildman–Crippen LogP) is 6.21. The first-order chi connectivity index (χ1) is 16.6. The van der Waals surface area contributed by atoms with Gasteiger partial charge in [0.15, 0.2) is 11.3 Å². The molecule has 0 aliphatic rings. The third kappa shape index (κ3) is 5.30. The number of ether oxygens (including phenoxy) is 1. The third-order valence-corrected chi connectivity index (χ3v) is 4.82. The topological polar surface area (TPSA) is 112 Å². The largest absolute Gasteiger partial charge is 0.457 e. The SMILES string of the molecule is O=C(Nc1cc(Oc2ccc(Cl)cc2)cc([N+](=O)[O-])c1)c1cc2nc(C(F)F)cc(C(F)F)n2n1. The second kappa shape index (κ2) is 9.54. The summed E-state index contributed by atoms with van der Waals surface area (Å²) in [7, 11) is 0. The van der Waals surface area contributed by atoms with E-state index in [1.165, 1.54) is 18.2 Å². The number of fused-ring (bicyclic) bond motifs is 1. The molecule has 2 aromatic carbocycles. The maximum atomic E-state index is 13.3. The zero-order valence-corrected chi connectivity index (χ0v) is 17.9. The number of carbonyl (C=O) groups excluding carboxylic acids is 1. The molecule has 0 saturated carbocycles. The van der Waals surface area contributed by atoms with Crippen LogP contribution in [0.3, 0.4) is 0 Å². The first-order valence-corrected chi connectivity index (χ1v) is 9.99. The number of carbonyl (C=O) groups is 1. The number of aromatic nitrogens is 3. The number of nitro benzene ring substituents is 1. The fourth-order valence-electron chi connectivity index (χ4n) is 3.05. The van der Waals surface area contributed by atoms with Gasteiger partial charge in [0, 0.05) is 23.2 Å². The van der Waals surface area contributed by atoms with Crippen LogP contribution in [0.25, 0.3) is 5.65 Å². The van der Waals surface area contributed by atoms with E-state index in [2.05, 4.69) is 15.4 Å². The Morgan fingerprint density at radius 2 is 1.74 bits per heavy atom. The van der Waals surface area contributed by atoms with E-state index in [1.807, 2.05) is 0 Å². The lowest BCUT2D eigenvalue weighted by atomic mass is 10.2. The Kier molecular flexibility index (Phi) is 6.51. The monoisotopic (exact) mass is 509 g/mol. The Bertz CT molecular complexity index is 1430. The second-order valence-corrected chi connectivity index (χ2v) is 7.43. The number of nitro groups is 1. The Hall–Kier alpha value is -4.26.